The number of hydrogen-bond donors (Lipinski definition) is 0. The Bertz CT molecular complexity index is 788. The number of rotatable bonds is 52. The molecule has 0 bridgehead atoms. The van der Waals surface area contributed by atoms with Gasteiger partial charge in [0.15, 0.2) is 0 Å². The van der Waals surface area contributed by atoms with E-state index < -0.39 is 0 Å². The minimum atomic E-state index is 0.0208. The summed E-state index contributed by atoms with van der Waals surface area (Å²) in [7, 11) is 0. The molecule has 2 nitrogen and oxygen atoms in total. The summed E-state index contributed by atoms with van der Waals surface area (Å²) in [5.41, 5.74) is 0. The van der Waals surface area contributed by atoms with Crippen LogP contribution in [0.1, 0.15) is 335 Å². The van der Waals surface area contributed by atoms with Crippen LogP contribution in [-0.4, -0.2) is 12.6 Å². The van der Waals surface area contributed by atoms with Gasteiger partial charge in [-0.3, -0.25) is 4.79 Å². The van der Waals surface area contributed by atoms with Gasteiger partial charge in [0.05, 0.1) is 6.61 Å². The largest absolute Gasteiger partial charge is 0.466 e. The molecule has 0 N–H and O–H groups in total. The number of hydrogen-bond acceptors (Lipinski definition) is 2. The molecule has 0 saturated heterocycles. The van der Waals surface area contributed by atoms with Gasteiger partial charge >= 0.3 is 5.97 Å². The van der Waals surface area contributed by atoms with Gasteiger partial charge in [-0.25, -0.2) is 0 Å². The van der Waals surface area contributed by atoms with Crippen molar-refractivity contribution in [2.24, 2.45) is 5.92 Å². The van der Waals surface area contributed by atoms with Crippen LogP contribution in [0.5, 0.6) is 0 Å². The Balaban J connectivity index is 3.14. The minimum Gasteiger partial charge on any atom is -0.466 e. The van der Waals surface area contributed by atoms with Gasteiger partial charge in [-0.1, -0.05) is 303 Å². The molecule has 0 amide bonds. The molecule has 0 aliphatic rings. The second-order valence-electron chi connectivity index (χ2n) is 19.5. The van der Waals surface area contributed by atoms with Gasteiger partial charge in [-0.15, -0.1) is 0 Å². The van der Waals surface area contributed by atoms with Crippen LogP contribution in [0.15, 0.2) is 12.2 Å². The third-order valence-electron chi connectivity index (χ3n) is 13.4. The highest BCUT2D eigenvalue weighted by Crippen LogP contribution is 2.19. The number of carbonyl (C=O) groups excluding carboxylic acids is 1. The maximum absolute atomic E-state index is 12.0. The standard InChI is InChI=1S/C57H112O2/c1-4-6-7-8-9-10-11-35-39-42-45-48-51-54-57(58)59-55-52-49-46-43-40-37-34-32-30-28-26-24-22-20-18-16-14-12-13-15-17-19-21-23-25-27-29-31-33-36-38-41-44-47-50-53-56(3)5-2/h10-11,56H,4-9,12-55H2,1-3H3/b11-10-. The molecule has 59 heavy (non-hydrogen) atoms. The van der Waals surface area contributed by atoms with Crippen molar-refractivity contribution in [3.8, 4) is 0 Å². The molecule has 0 aromatic carbocycles. The molecule has 1 unspecified atom stereocenters. The molecule has 0 saturated carbocycles. The average Bonchev–Trinajstić information content (AvgIpc) is 3.24. The maximum Gasteiger partial charge on any atom is 0.305 e. The quantitative estimate of drug-likeness (QED) is 0.0347. The highest BCUT2D eigenvalue weighted by Gasteiger charge is 2.03. The highest BCUT2D eigenvalue weighted by molar-refractivity contribution is 5.69. The van der Waals surface area contributed by atoms with Crippen molar-refractivity contribution < 1.29 is 9.53 Å². The average molecular weight is 830 g/mol. The van der Waals surface area contributed by atoms with Crippen molar-refractivity contribution in [3.63, 3.8) is 0 Å². The van der Waals surface area contributed by atoms with E-state index in [1.54, 1.807) is 0 Å². The van der Waals surface area contributed by atoms with Gasteiger partial charge in [0, 0.05) is 6.42 Å². The van der Waals surface area contributed by atoms with E-state index in [-0.39, 0.29) is 5.97 Å². The molecular formula is C57H112O2. The summed E-state index contributed by atoms with van der Waals surface area (Å²) in [5, 5.41) is 0. The lowest BCUT2D eigenvalue weighted by molar-refractivity contribution is -0.143. The van der Waals surface area contributed by atoms with Crippen molar-refractivity contribution in [2.75, 3.05) is 6.61 Å². The Kier molecular flexibility index (Phi) is 52.6. The van der Waals surface area contributed by atoms with Crippen LogP contribution in [0.3, 0.4) is 0 Å². The normalized spacial score (nSPS) is 12.3. The lowest BCUT2D eigenvalue weighted by atomic mass is 9.99. The van der Waals surface area contributed by atoms with E-state index in [0.717, 1.165) is 25.2 Å². The van der Waals surface area contributed by atoms with Gasteiger partial charge < -0.3 is 4.74 Å². The van der Waals surface area contributed by atoms with Crippen LogP contribution in [0.25, 0.3) is 0 Å². The van der Waals surface area contributed by atoms with E-state index in [2.05, 4.69) is 32.9 Å². The summed E-state index contributed by atoms with van der Waals surface area (Å²) < 4.78 is 5.48. The van der Waals surface area contributed by atoms with Crippen LogP contribution >= 0.6 is 0 Å². The Hall–Kier alpha value is -0.790. The fourth-order valence-electron chi connectivity index (χ4n) is 8.88. The van der Waals surface area contributed by atoms with Crippen molar-refractivity contribution in [1.29, 1.82) is 0 Å². The van der Waals surface area contributed by atoms with Crippen molar-refractivity contribution >= 4 is 5.97 Å². The maximum atomic E-state index is 12.0. The molecule has 1 atom stereocenters. The number of carbonyl (C=O) groups is 1. The molecule has 2 heteroatoms. The summed E-state index contributed by atoms with van der Waals surface area (Å²) in [4.78, 5) is 12.0. The fourth-order valence-corrected chi connectivity index (χ4v) is 8.88. The monoisotopic (exact) mass is 829 g/mol. The van der Waals surface area contributed by atoms with Crippen LogP contribution in [0.2, 0.25) is 0 Å². The summed E-state index contributed by atoms with van der Waals surface area (Å²) >= 11 is 0. The summed E-state index contributed by atoms with van der Waals surface area (Å²) in [6.07, 6.45) is 72.4. The number of esters is 1. The molecular weight excluding hydrogens is 717 g/mol. The predicted molar refractivity (Wildman–Crippen MR) is 267 cm³/mol. The zero-order valence-electron chi connectivity index (χ0n) is 41.4. The van der Waals surface area contributed by atoms with Crippen LogP contribution in [0.4, 0.5) is 0 Å². The smallest absolute Gasteiger partial charge is 0.305 e. The number of ether oxygens (including phenoxy) is 1. The summed E-state index contributed by atoms with van der Waals surface area (Å²) in [6, 6.07) is 0. The third-order valence-corrected chi connectivity index (χ3v) is 13.4. The molecule has 0 aromatic heterocycles. The molecule has 0 rings (SSSR count). The SMILES string of the molecule is CCCCCC/C=C\CCCCCCCC(=O)OCCCCCCCCCCCCCCCCCCCCCCCCCCCCCCCCCCCCCC(C)CC. The van der Waals surface area contributed by atoms with Crippen LogP contribution in [0, 0.1) is 5.92 Å². The molecule has 0 radical (unpaired) electrons. The predicted octanol–water partition coefficient (Wildman–Crippen LogP) is 20.9. The first kappa shape index (κ1) is 58.2. The molecule has 0 spiro atoms. The van der Waals surface area contributed by atoms with Gasteiger partial charge in [-0.05, 0) is 44.4 Å². The van der Waals surface area contributed by atoms with Gasteiger partial charge in [0.1, 0.15) is 0 Å². The lowest BCUT2D eigenvalue weighted by Crippen LogP contribution is -2.05. The first-order chi connectivity index (χ1) is 29.2. The van der Waals surface area contributed by atoms with Crippen LogP contribution < -0.4 is 0 Å². The molecule has 352 valence electrons. The summed E-state index contributed by atoms with van der Waals surface area (Å²) in [6.45, 7) is 7.63. The topological polar surface area (TPSA) is 26.3 Å². The first-order valence-corrected chi connectivity index (χ1v) is 28.0. The van der Waals surface area contributed by atoms with Gasteiger partial charge in [-0.2, -0.15) is 0 Å². The van der Waals surface area contributed by atoms with Gasteiger partial charge in [0.2, 0.25) is 0 Å². The van der Waals surface area contributed by atoms with E-state index in [0.29, 0.717) is 13.0 Å². The minimum absolute atomic E-state index is 0.0208. The highest BCUT2D eigenvalue weighted by atomic mass is 16.5. The summed E-state index contributed by atoms with van der Waals surface area (Å²) in [5.74, 6) is 0.962. The van der Waals surface area contributed by atoms with Crippen molar-refractivity contribution in [1.82, 2.24) is 0 Å². The van der Waals surface area contributed by atoms with Crippen LogP contribution in [-0.2, 0) is 9.53 Å². The van der Waals surface area contributed by atoms with Crippen molar-refractivity contribution in [3.05, 3.63) is 12.2 Å². The Morgan fingerprint density at radius 3 is 0.949 bits per heavy atom. The molecule has 0 aliphatic heterocycles. The van der Waals surface area contributed by atoms with E-state index in [9.17, 15) is 4.79 Å². The lowest BCUT2D eigenvalue weighted by Gasteiger charge is -2.07. The van der Waals surface area contributed by atoms with E-state index in [4.69, 9.17) is 4.74 Å². The zero-order valence-corrected chi connectivity index (χ0v) is 41.4. The first-order valence-electron chi connectivity index (χ1n) is 28.0. The Morgan fingerprint density at radius 1 is 0.356 bits per heavy atom. The molecule has 0 heterocycles. The molecule has 0 aliphatic carbocycles. The number of allylic oxidation sites excluding steroid dienone is 2. The molecule has 0 aromatic rings. The Labute approximate surface area is 374 Å². The van der Waals surface area contributed by atoms with E-state index >= 15 is 0 Å². The fraction of sp³-hybridized carbons (Fsp3) is 0.947. The third kappa shape index (κ3) is 53.3. The second-order valence-corrected chi connectivity index (χ2v) is 19.5. The second kappa shape index (κ2) is 53.3. The van der Waals surface area contributed by atoms with E-state index in [1.165, 1.54) is 289 Å². The molecule has 0 fully saturated rings. The van der Waals surface area contributed by atoms with Gasteiger partial charge in [0.25, 0.3) is 0 Å². The zero-order chi connectivity index (χ0) is 42.6. The number of unbranched alkanes of at least 4 members (excludes halogenated alkanes) is 43. The van der Waals surface area contributed by atoms with E-state index in [1.807, 2.05) is 0 Å². The van der Waals surface area contributed by atoms with Crippen molar-refractivity contribution in [2.45, 2.75) is 335 Å². The Morgan fingerprint density at radius 2 is 0.627 bits per heavy atom.